The van der Waals surface area contributed by atoms with Crippen LogP contribution in [0.4, 0.5) is 0 Å². The van der Waals surface area contributed by atoms with Gasteiger partial charge < -0.3 is 61.3 Å². The quantitative estimate of drug-likeness (QED) is 0.135. The normalized spacial score (nSPS) is 18.9. The summed E-state index contributed by atoms with van der Waals surface area (Å²) in [5, 5.41) is 104. The Labute approximate surface area is 210 Å². The summed E-state index contributed by atoms with van der Waals surface area (Å²) in [5.74, 6) is -3.45. The van der Waals surface area contributed by atoms with E-state index in [1.165, 1.54) is 0 Å². The average molecular weight is 458 g/mol. The molecule has 0 bridgehead atoms. The number of carboxylic acids is 2. The van der Waals surface area contributed by atoms with Crippen molar-refractivity contribution in [2.45, 2.75) is 48.8 Å². The van der Waals surface area contributed by atoms with E-state index in [0.29, 0.717) is 0 Å². The van der Waals surface area contributed by atoms with Crippen molar-refractivity contribution in [2.75, 3.05) is 13.2 Å². The Bertz CT molecular complexity index is 391. The summed E-state index contributed by atoms with van der Waals surface area (Å²) in [4.78, 5) is 20.2. The number of hydrogen-bond acceptors (Lipinski definition) is 12. The molecule has 0 heterocycles. The van der Waals surface area contributed by atoms with Crippen LogP contribution in [0.15, 0.2) is 0 Å². The Morgan fingerprint density at radius 2 is 0.786 bits per heavy atom. The molecule has 0 saturated carbocycles. The number of carboxylic acid groups (broad SMARTS) is 2. The van der Waals surface area contributed by atoms with Gasteiger partial charge in [-0.05, 0) is 0 Å². The molecule has 0 fully saturated rings. The number of aliphatic carboxylic acids is 2. The van der Waals surface area contributed by atoms with Crippen molar-refractivity contribution in [1.82, 2.24) is 0 Å². The molecule has 0 amide bonds. The second kappa shape index (κ2) is 18.6. The van der Waals surface area contributed by atoms with Gasteiger partial charge in [0.2, 0.25) is 0 Å². The number of rotatable bonds is 10. The first-order valence-corrected chi connectivity index (χ1v) is 6.95. The molecule has 14 nitrogen and oxygen atoms in total. The van der Waals surface area contributed by atoms with E-state index >= 15 is 0 Å². The number of carbonyl (C=O) groups is 2. The second-order valence-corrected chi connectivity index (χ2v) is 5.03. The molecule has 0 rings (SSSR count). The Morgan fingerprint density at radius 1 is 0.571 bits per heavy atom. The second-order valence-electron chi connectivity index (χ2n) is 5.03. The summed E-state index contributed by atoms with van der Waals surface area (Å²) in [6, 6.07) is 0. The van der Waals surface area contributed by atoms with Gasteiger partial charge in [-0.15, -0.1) is 0 Å². The molecule has 0 spiro atoms. The minimum atomic E-state index is -2.20. The molecule has 28 heavy (non-hydrogen) atoms. The summed E-state index contributed by atoms with van der Waals surface area (Å²) in [6.07, 6.45) is -15.7. The first-order valence-electron chi connectivity index (χ1n) is 6.95. The molecule has 16 heteroatoms. The van der Waals surface area contributed by atoms with E-state index < -0.39 is 74.0 Å². The van der Waals surface area contributed by atoms with Crippen molar-refractivity contribution in [2.24, 2.45) is 0 Å². The number of aliphatic hydroxyl groups is 10. The van der Waals surface area contributed by atoms with Crippen LogP contribution < -0.4 is 0 Å². The van der Waals surface area contributed by atoms with Crippen molar-refractivity contribution in [3.8, 4) is 0 Å². The van der Waals surface area contributed by atoms with Crippen LogP contribution in [0.1, 0.15) is 0 Å². The van der Waals surface area contributed by atoms with Crippen LogP contribution in [0.2, 0.25) is 0 Å². The summed E-state index contributed by atoms with van der Waals surface area (Å²) in [5.41, 5.74) is 0. The molecule has 0 aliphatic carbocycles. The molecular weight excluding hydrogens is 431 g/mol. The van der Waals surface area contributed by atoms with Crippen LogP contribution in [0, 0.1) is 0 Å². The minimum absolute atomic E-state index is 0. The third-order valence-electron chi connectivity index (χ3n) is 3.02. The molecular formula is C12H27CaNaO14. The van der Waals surface area contributed by atoms with Crippen molar-refractivity contribution in [3.63, 3.8) is 0 Å². The van der Waals surface area contributed by atoms with Gasteiger partial charge >= 0.3 is 79.2 Å². The molecule has 8 unspecified atom stereocenters. The molecule has 8 atom stereocenters. The molecule has 0 aliphatic heterocycles. The summed E-state index contributed by atoms with van der Waals surface area (Å²) < 4.78 is 0. The Morgan fingerprint density at radius 3 is 0.929 bits per heavy atom. The Balaban J connectivity index is -0.000000192. The van der Waals surface area contributed by atoms with Crippen LogP contribution in [0.25, 0.3) is 0 Å². The van der Waals surface area contributed by atoms with E-state index in [4.69, 9.17) is 61.3 Å². The monoisotopic (exact) mass is 458 g/mol. The number of hydrogen-bond donors (Lipinski definition) is 12. The van der Waals surface area contributed by atoms with E-state index in [0.717, 1.165) is 0 Å². The standard InChI is InChI=1S/2C6H12O7.Ca.Na.3H/c2*7-1-2(8)3(9)4(10)5(11)6(12)13;;;;;/h2*2-5,7-11H,1H2,(H,12,13);;;;;. The van der Waals surface area contributed by atoms with E-state index in [-0.39, 0.29) is 67.3 Å². The van der Waals surface area contributed by atoms with Crippen LogP contribution >= 0.6 is 0 Å². The third kappa shape index (κ3) is 13.2. The molecule has 0 aromatic heterocycles. The number of aliphatic hydroxyl groups excluding tert-OH is 10. The molecule has 0 aliphatic rings. The van der Waals surface area contributed by atoms with Crippen LogP contribution in [-0.2, 0) is 9.59 Å². The fourth-order valence-electron chi connectivity index (χ4n) is 1.34. The molecule has 0 aromatic carbocycles. The topological polar surface area (TPSA) is 277 Å². The van der Waals surface area contributed by atoms with Gasteiger partial charge in [-0.3, -0.25) is 0 Å². The van der Waals surface area contributed by atoms with E-state index in [1.54, 1.807) is 0 Å². The summed E-state index contributed by atoms with van der Waals surface area (Å²) in [7, 11) is 0. The van der Waals surface area contributed by atoms with Crippen molar-refractivity contribution in [1.29, 1.82) is 0 Å². The van der Waals surface area contributed by atoms with Crippen molar-refractivity contribution < 1.29 is 70.9 Å². The summed E-state index contributed by atoms with van der Waals surface area (Å²) >= 11 is 0. The van der Waals surface area contributed by atoms with E-state index in [9.17, 15) is 9.59 Å². The SMILES string of the molecule is O=C(O)C(O)C(O)C(O)C(O)CO.O=C(O)C(O)C(O)C(O)C(O)CO.[CaH2].[NaH]. The maximum absolute atomic E-state index is 10.1. The van der Waals surface area contributed by atoms with Gasteiger partial charge in [0.05, 0.1) is 13.2 Å². The zero-order chi connectivity index (χ0) is 21.2. The van der Waals surface area contributed by atoms with Gasteiger partial charge in [-0.25, -0.2) is 9.59 Å². The Kier molecular flexibility index (Phi) is 24.0. The van der Waals surface area contributed by atoms with Crippen molar-refractivity contribution >= 4 is 79.2 Å². The zero-order valence-electron chi connectivity index (χ0n) is 13.2. The van der Waals surface area contributed by atoms with Gasteiger partial charge in [0.15, 0.2) is 12.2 Å². The first kappa shape index (κ1) is 36.2. The van der Waals surface area contributed by atoms with E-state index in [1.807, 2.05) is 0 Å². The van der Waals surface area contributed by atoms with Gasteiger partial charge in [-0.1, -0.05) is 0 Å². The molecule has 0 aromatic rings. The molecule has 0 radical (unpaired) electrons. The fourth-order valence-corrected chi connectivity index (χ4v) is 1.34. The first-order chi connectivity index (χ1) is 11.8. The van der Waals surface area contributed by atoms with Crippen molar-refractivity contribution in [3.05, 3.63) is 0 Å². The van der Waals surface area contributed by atoms with E-state index in [2.05, 4.69) is 0 Å². The summed E-state index contributed by atoms with van der Waals surface area (Å²) in [6.45, 7) is -1.69. The van der Waals surface area contributed by atoms with Crippen LogP contribution in [-0.4, -0.2) is 203 Å². The van der Waals surface area contributed by atoms with Gasteiger partial charge in [-0.2, -0.15) is 0 Å². The third-order valence-corrected chi connectivity index (χ3v) is 3.02. The zero-order valence-corrected chi connectivity index (χ0v) is 13.2. The predicted octanol–water partition coefficient (Wildman–Crippen LogP) is -8.55. The average Bonchev–Trinajstić information content (AvgIpc) is 2.62. The molecule has 12 N–H and O–H groups in total. The predicted molar refractivity (Wildman–Crippen MR) is 93.2 cm³/mol. The van der Waals surface area contributed by atoms with Crippen LogP contribution in [0.3, 0.4) is 0 Å². The molecule has 162 valence electrons. The van der Waals surface area contributed by atoms with Crippen LogP contribution in [0.5, 0.6) is 0 Å². The Hall–Kier alpha value is 0.800. The fraction of sp³-hybridized carbons (Fsp3) is 0.833. The van der Waals surface area contributed by atoms with Gasteiger partial charge in [0.25, 0.3) is 0 Å². The van der Waals surface area contributed by atoms with Gasteiger partial charge in [0, 0.05) is 0 Å². The van der Waals surface area contributed by atoms with Gasteiger partial charge in [0.1, 0.15) is 36.6 Å². The molecule has 0 saturated heterocycles. The maximum atomic E-state index is 10.1.